The van der Waals surface area contributed by atoms with E-state index >= 15 is 0 Å². The van der Waals surface area contributed by atoms with E-state index < -0.39 is 0 Å². The van der Waals surface area contributed by atoms with Gasteiger partial charge in [0.2, 0.25) is 0 Å². The molecule has 0 aliphatic carbocycles. The highest BCUT2D eigenvalue weighted by molar-refractivity contribution is 14.0. The number of nitrogens with one attached hydrogen (secondary N) is 2. The quantitative estimate of drug-likeness (QED) is 0.311. The van der Waals surface area contributed by atoms with E-state index in [1.165, 1.54) is 18.9 Å². The lowest BCUT2D eigenvalue weighted by molar-refractivity contribution is 0.239. The number of benzene rings is 1. The van der Waals surface area contributed by atoms with Crippen LogP contribution in [0.15, 0.2) is 47.6 Å². The Bertz CT molecular complexity index is 814. The summed E-state index contributed by atoms with van der Waals surface area (Å²) in [6, 6.07) is 11.3. The van der Waals surface area contributed by atoms with Gasteiger partial charge in [-0.05, 0) is 51.1 Å². The number of likely N-dealkylation sites (tertiary alicyclic amines) is 1. The topological polar surface area (TPSA) is 61.8 Å². The summed E-state index contributed by atoms with van der Waals surface area (Å²) in [5, 5.41) is 6.67. The van der Waals surface area contributed by atoms with Gasteiger partial charge in [0.25, 0.3) is 0 Å². The van der Waals surface area contributed by atoms with Crippen molar-refractivity contribution in [1.29, 1.82) is 0 Å². The highest BCUT2D eigenvalue weighted by atomic mass is 127. The average Bonchev–Trinajstić information content (AvgIpc) is 3.28. The first-order valence-electron chi connectivity index (χ1n) is 10.2. The van der Waals surface area contributed by atoms with Crippen molar-refractivity contribution in [3.63, 3.8) is 0 Å². The van der Waals surface area contributed by atoms with Crippen molar-refractivity contribution in [2.75, 3.05) is 33.3 Å². The molecule has 2 N–H and O–H groups in total. The molecule has 2 aromatic rings. The molecular weight excluding hydrogens is 496 g/mol. The van der Waals surface area contributed by atoms with Gasteiger partial charge in [0.15, 0.2) is 5.96 Å². The number of nitrogens with zero attached hydrogens (tertiary/aromatic N) is 3. The van der Waals surface area contributed by atoms with E-state index in [2.05, 4.69) is 31.6 Å². The summed E-state index contributed by atoms with van der Waals surface area (Å²) in [6.45, 7) is 5.73. The third-order valence-electron chi connectivity index (χ3n) is 5.11. The predicted octanol–water partition coefficient (Wildman–Crippen LogP) is 3.74. The van der Waals surface area contributed by atoms with Gasteiger partial charge in [-0.25, -0.2) is 9.38 Å². The van der Waals surface area contributed by atoms with Crippen LogP contribution in [-0.4, -0.2) is 49.1 Å². The zero-order chi connectivity index (χ0) is 20.5. The van der Waals surface area contributed by atoms with Crippen LogP contribution < -0.4 is 15.4 Å². The van der Waals surface area contributed by atoms with Gasteiger partial charge >= 0.3 is 0 Å². The lowest BCUT2D eigenvalue weighted by Gasteiger charge is -2.30. The minimum atomic E-state index is -0.337. The number of hydrogen-bond acceptors (Lipinski definition) is 4. The van der Waals surface area contributed by atoms with Crippen LogP contribution in [0.1, 0.15) is 37.1 Å². The van der Waals surface area contributed by atoms with Crippen LogP contribution in [-0.2, 0) is 6.54 Å². The van der Waals surface area contributed by atoms with E-state index in [1.807, 2.05) is 25.1 Å². The molecule has 0 saturated carbocycles. The number of methoxy groups -OCH3 is 1. The molecule has 30 heavy (non-hydrogen) atoms. The van der Waals surface area contributed by atoms with Crippen LogP contribution in [0, 0.1) is 5.82 Å². The Kier molecular flexibility index (Phi) is 10.3. The number of guanidine groups is 1. The molecule has 1 saturated heterocycles. The molecule has 1 aromatic carbocycles. The number of hydrogen-bond donors (Lipinski definition) is 2. The van der Waals surface area contributed by atoms with Crippen molar-refractivity contribution in [3.05, 3.63) is 59.7 Å². The molecule has 6 nitrogen and oxygen atoms in total. The van der Waals surface area contributed by atoms with E-state index in [9.17, 15) is 4.39 Å². The fraction of sp³-hybridized carbons (Fsp3) is 0.455. The van der Waals surface area contributed by atoms with Crippen molar-refractivity contribution < 1.29 is 9.13 Å². The number of aliphatic imine (C=N–C) groups is 1. The van der Waals surface area contributed by atoms with Gasteiger partial charge in [-0.15, -0.1) is 24.0 Å². The summed E-state index contributed by atoms with van der Waals surface area (Å²) in [6.07, 6.45) is 4.00. The molecule has 164 valence electrons. The van der Waals surface area contributed by atoms with Crippen molar-refractivity contribution in [1.82, 2.24) is 20.5 Å². The van der Waals surface area contributed by atoms with E-state index in [-0.39, 0.29) is 42.4 Å². The Morgan fingerprint density at radius 1 is 1.20 bits per heavy atom. The van der Waals surface area contributed by atoms with Gasteiger partial charge in [0.05, 0.1) is 25.4 Å². The Balaban J connectivity index is 0.00000320. The molecule has 3 rings (SSSR count). The van der Waals surface area contributed by atoms with Gasteiger partial charge in [-0.1, -0.05) is 18.2 Å². The first-order valence-corrected chi connectivity index (χ1v) is 10.2. The molecule has 2 heterocycles. The normalized spacial score (nSPS) is 15.4. The molecule has 0 bridgehead atoms. The molecule has 0 radical (unpaired) electrons. The zero-order valence-corrected chi connectivity index (χ0v) is 19.9. The number of pyridine rings is 1. The number of ether oxygens (including phenoxy) is 1. The Morgan fingerprint density at radius 3 is 2.67 bits per heavy atom. The molecule has 1 aliphatic heterocycles. The maximum atomic E-state index is 13.9. The first kappa shape index (κ1) is 24.3. The van der Waals surface area contributed by atoms with E-state index in [1.54, 1.807) is 19.4 Å². The standard InChI is InChI=1S/C22H30FN5O.HI/c1-3-24-22(26-15-19-18(23)10-8-12-25-19)27-16-20(28-13-6-7-14-28)17-9-4-5-11-21(17)29-2;/h4-5,8-12,20H,3,6-7,13-16H2,1-2H3,(H2,24,26,27);1H. The van der Waals surface area contributed by atoms with Gasteiger partial charge in [0.1, 0.15) is 11.6 Å². The molecule has 0 spiro atoms. The molecule has 1 aromatic heterocycles. The molecule has 1 atom stereocenters. The van der Waals surface area contributed by atoms with Crippen molar-refractivity contribution in [2.24, 2.45) is 4.99 Å². The summed E-state index contributed by atoms with van der Waals surface area (Å²) in [4.78, 5) is 11.1. The number of rotatable bonds is 8. The monoisotopic (exact) mass is 527 g/mol. The van der Waals surface area contributed by atoms with Crippen LogP contribution >= 0.6 is 24.0 Å². The van der Waals surface area contributed by atoms with Crippen LogP contribution in [0.2, 0.25) is 0 Å². The molecule has 8 heteroatoms. The van der Waals surface area contributed by atoms with Crippen molar-refractivity contribution in [2.45, 2.75) is 32.4 Å². The second-order valence-electron chi connectivity index (χ2n) is 7.01. The van der Waals surface area contributed by atoms with E-state index in [0.717, 1.165) is 30.9 Å². The van der Waals surface area contributed by atoms with Gasteiger partial charge < -0.3 is 15.4 Å². The van der Waals surface area contributed by atoms with Crippen LogP contribution in [0.3, 0.4) is 0 Å². The molecular formula is C22H31FIN5O. The largest absolute Gasteiger partial charge is 0.496 e. The smallest absolute Gasteiger partial charge is 0.191 e. The highest BCUT2D eigenvalue weighted by Gasteiger charge is 2.26. The lowest BCUT2D eigenvalue weighted by atomic mass is 10.0. The van der Waals surface area contributed by atoms with Crippen molar-refractivity contribution in [3.8, 4) is 5.75 Å². The minimum absolute atomic E-state index is 0. The fourth-order valence-corrected chi connectivity index (χ4v) is 3.65. The molecule has 1 unspecified atom stereocenters. The maximum Gasteiger partial charge on any atom is 0.191 e. The number of para-hydroxylation sites is 1. The second kappa shape index (κ2) is 12.7. The number of aromatic nitrogens is 1. The lowest BCUT2D eigenvalue weighted by Crippen LogP contribution is -2.42. The summed E-state index contributed by atoms with van der Waals surface area (Å²) >= 11 is 0. The van der Waals surface area contributed by atoms with E-state index in [4.69, 9.17) is 4.74 Å². The third-order valence-corrected chi connectivity index (χ3v) is 5.11. The summed E-state index contributed by atoms with van der Waals surface area (Å²) in [5.74, 6) is 1.21. The summed E-state index contributed by atoms with van der Waals surface area (Å²) in [7, 11) is 1.71. The summed E-state index contributed by atoms with van der Waals surface area (Å²) in [5.41, 5.74) is 1.50. The SMILES string of the molecule is CCNC(=NCc1ncccc1F)NCC(c1ccccc1OC)N1CCCC1.I. The minimum Gasteiger partial charge on any atom is -0.496 e. The highest BCUT2D eigenvalue weighted by Crippen LogP contribution is 2.31. The van der Waals surface area contributed by atoms with Gasteiger partial charge in [-0.2, -0.15) is 0 Å². The Morgan fingerprint density at radius 2 is 1.97 bits per heavy atom. The van der Waals surface area contributed by atoms with Crippen LogP contribution in [0.25, 0.3) is 0 Å². The number of halogens is 2. The Labute approximate surface area is 195 Å². The molecule has 1 fully saturated rings. The zero-order valence-electron chi connectivity index (χ0n) is 17.6. The van der Waals surface area contributed by atoms with Crippen LogP contribution in [0.4, 0.5) is 4.39 Å². The fourth-order valence-electron chi connectivity index (χ4n) is 3.65. The predicted molar refractivity (Wildman–Crippen MR) is 129 cm³/mol. The molecule has 0 amide bonds. The van der Waals surface area contributed by atoms with Gasteiger partial charge in [-0.3, -0.25) is 9.88 Å². The maximum absolute atomic E-state index is 13.9. The van der Waals surface area contributed by atoms with E-state index in [0.29, 0.717) is 18.2 Å². The van der Waals surface area contributed by atoms with Crippen molar-refractivity contribution >= 4 is 29.9 Å². The first-order chi connectivity index (χ1) is 14.2. The second-order valence-corrected chi connectivity index (χ2v) is 7.01. The Hall–Kier alpha value is -1.94. The summed E-state index contributed by atoms with van der Waals surface area (Å²) < 4.78 is 19.5. The van der Waals surface area contributed by atoms with Crippen LogP contribution in [0.5, 0.6) is 5.75 Å². The average molecular weight is 527 g/mol. The van der Waals surface area contributed by atoms with Gasteiger partial charge in [0, 0.05) is 24.8 Å². The molecule has 1 aliphatic rings. The third kappa shape index (κ3) is 6.53.